The fourth-order valence-electron chi connectivity index (χ4n) is 1.77. The number of halogens is 1. The molecule has 0 saturated carbocycles. The molecule has 1 N–H and O–H groups in total. The highest BCUT2D eigenvalue weighted by atomic mass is 79.9. The maximum atomic E-state index is 11.6. The van der Waals surface area contributed by atoms with Gasteiger partial charge in [-0.15, -0.1) is 0 Å². The number of ether oxygens (including phenoxy) is 1. The SMILES string of the molecule is CC(CBr)C(C)NC(=O)CCC1CCCO1. The standard InChI is InChI=1S/C12H22BrNO2/c1-9(8-13)10(2)14-12(15)6-5-11-4-3-7-16-11/h9-11H,3-8H2,1-2H3,(H,14,15). The van der Waals surface area contributed by atoms with Crippen molar-refractivity contribution in [2.45, 2.75) is 51.7 Å². The third-order valence-electron chi connectivity index (χ3n) is 3.20. The van der Waals surface area contributed by atoms with Gasteiger partial charge in [0.15, 0.2) is 0 Å². The van der Waals surface area contributed by atoms with Crippen LogP contribution >= 0.6 is 15.9 Å². The number of alkyl halides is 1. The maximum Gasteiger partial charge on any atom is 0.220 e. The average molecular weight is 292 g/mol. The highest BCUT2D eigenvalue weighted by molar-refractivity contribution is 9.09. The number of hydrogen-bond donors (Lipinski definition) is 1. The zero-order valence-corrected chi connectivity index (χ0v) is 11.8. The van der Waals surface area contributed by atoms with E-state index in [1.807, 2.05) is 0 Å². The van der Waals surface area contributed by atoms with Crippen molar-refractivity contribution in [1.29, 1.82) is 0 Å². The highest BCUT2D eigenvalue weighted by Gasteiger charge is 2.18. The summed E-state index contributed by atoms with van der Waals surface area (Å²) in [5.41, 5.74) is 0. The van der Waals surface area contributed by atoms with Crippen molar-refractivity contribution in [3.8, 4) is 0 Å². The van der Waals surface area contributed by atoms with Crippen LogP contribution in [0.15, 0.2) is 0 Å². The van der Waals surface area contributed by atoms with Gasteiger partial charge < -0.3 is 10.1 Å². The summed E-state index contributed by atoms with van der Waals surface area (Å²) in [5, 5.41) is 3.95. The molecule has 0 bridgehead atoms. The molecule has 1 saturated heterocycles. The van der Waals surface area contributed by atoms with Crippen LogP contribution in [0, 0.1) is 5.92 Å². The van der Waals surface area contributed by atoms with Crippen molar-refractivity contribution in [3.63, 3.8) is 0 Å². The predicted octanol–water partition coefficient (Wildman–Crippen LogP) is 2.48. The minimum Gasteiger partial charge on any atom is -0.378 e. The second-order valence-electron chi connectivity index (χ2n) is 4.66. The lowest BCUT2D eigenvalue weighted by Crippen LogP contribution is -2.37. The van der Waals surface area contributed by atoms with Gasteiger partial charge in [0, 0.05) is 24.4 Å². The van der Waals surface area contributed by atoms with Gasteiger partial charge in [-0.1, -0.05) is 22.9 Å². The van der Waals surface area contributed by atoms with Gasteiger partial charge in [0.1, 0.15) is 0 Å². The van der Waals surface area contributed by atoms with E-state index in [1.54, 1.807) is 0 Å². The first-order valence-electron chi connectivity index (χ1n) is 6.10. The third kappa shape index (κ3) is 4.83. The van der Waals surface area contributed by atoms with Crippen LogP contribution < -0.4 is 5.32 Å². The zero-order chi connectivity index (χ0) is 12.0. The Kier molecular flexibility index (Phi) is 6.36. The average Bonchev–Trinajstić information content (AvgIpc) is 2.78. The number of carbonyl (C=O) groups excluding carboxylic acids is 1. The van der Waals surface area contributed by atoms with Gasteiger partial charge in [-0.2, -0.15) is 0 Å². The molecule has 1 aliphatic heterocycles. The summed E-state index contributed by atoms with van der Waals surface area (Å²) in [7, 11) is 0. The molecule has 16 heavy (non-hydrogen) atoms. The number of nitrogens with one attached hydrogen (secondary N) is 1. The summed E-state index contributed by atoms with van der Waals surface area (Å²) in [6.07, 6.45) is 4.02. The summed E-state index contributed by atoms with van der Waals surface area (Å²) >= 11 is 3.43. The molecule has 0 aromatic heterocycles. The van der Waals surface area contributed by atoms with Crippen LogP contribution in [-0.4, -0.2) is 30.0 Å². The Morgan fingerprint density at radius 2 is 2.31 bits per heavy atom. The zero-order valence-electron chi connectivity index (χ0n) is 10.2. The van der Waals surface area contributed by atoms with E-state index in [4.69, 9.17) is 4.74 Å². The van der Waals surface area contributed by atoms with Gasteiger partial charge >= 0.3 is 0 Å². The Balaban J connectivity index is 2.14. The summed E-state index contributed by atoms with van der Waals surface area (Å²) in [6.45, 7) is 5.04. The minimum atomic E-state index is 0.149. The van der Waals surface area contributed by atoms with Gasteiger partial charge in [0.05, 0.1) is 6.10 Å². The van der Waals surface area contributed by atoms with E-state index in [9.17, 15) is 4.79 Å². The molecule has 4 heteroatoms. The van der Waals surface area contributed by atoms with E-state index in [-0.39, 0.29) is 11.9 Å². The number of carbonyl (C=O) groups is 1. The quantitative estimate of drug-likeness (QED) is 0.764. The van der Waals surface area contributed by atoms with E-state index >= 15 is 0 Å². The molecule has 3 atom stereocenters. The molecule has 0 aliphatic carbocycles. The largest absolute Gasteiger partial charge is 0.378 e. The fraction of sp³-hybridized carbons (Fsp3) is 0.917. The molecule has 3 nitrogen and oxygen atoms in total. The van der Waals surface area contributed by atoms with Crippen LogP contribution in [0.1, 0.15) is 39.5 Å². The normalized spacial score (nSPS) is 24.1. The second-order valence-corrected chi connectivity index (χ2v) is 5.31. The number of hydrogen-bond acceptors (Lipinski definition) is 2. The predicted molar refractivity (Wildman–Crippen MR) is 68.8 cm³/mol. The van der Waals surface area contributed by atoms with Crippen molar-refractivity contribution < 1.29 is 9.53 Å². The molecule has 0 aromatic rings. The lowest BCUT2D eigenvalue weighted by Gasteiger charge is -2.19. The Labute approximate surface area is 106 Å². The summed E-state index contributed by atoms with van der Waals surface area (Å²) in [4.78, 5) is 11.6. The van der Waals surface area contributed by atoms with Gasteiger partial charge in [-0.25, -0.2) is 0 Å². The van der Waals surface area contributed by atoms with Crippen molar-refractivity contribution in [1.82, 2.24) is 5.32 Å². The summed E-state index contributed by atoms with van der Waals surface area (Å²) < 4.78 is 5.49. The summed E-state index contributed by atoms with van der Waals surface area (Å²) in [6, 6.07) is 0.233. The molecule has 1 aliphatic rings. The molecule has 1 rings (SSSR count). The lowest BCUT2D eigenvalue weighted by atomic mass is 10.1. The maximum absolute atomic E-state index is 11.6. The van der Waals surface area contributed by atoms with Crippen LogP contribution in [-0.2, 0) is 9.53 Å². The van der Waals surface area contributed by atoms with Gasteiger partial charge in [-0.05, 0) is 32.1 Å². The molecule has 1 amide bonds. The van der Waals surface area contributed by atoms with Crippen LogP contribution in [0.5, 0.6) is 0 Å². The van der Waals surface area contributed by atoms with Gasteiger partial charge in [-0.3, -0.25) is 4.79 Å². The number of amides is 1. The first kappa shape index (κ1) is 14.0. The molecule has 1 fully saturated rings. The first-order valence-corrected chi connectivity index (χ1v) is 7.22. The van der Waals surface area contributed by atoms with E-state index in [1.165, 1.54) is 0 Å². The Bertz CT molecular complexity index is 217. The molecule has 1 heterocycles. The van der Waals surface area contributed by atoms with E-state index < -0.39 is 0 Å². The van der Waals surface area contributed by atoms with Crippen molar-refractivity contribution in [2.75, 3.05) is 11.9 Å². The minimum absolute atomic E-state index is 0.149. The Morgan fingerprint density at radius 3 is 2.88 bits per heavy atom. The topological polar surface area (TPSA) is 38.3 Å². The lowest BCUT2D eigenvalue weighted by molar-refractivity contribution is -0.122. The third-order valence-corrected chi connectivity index (χ3v) is 4.22. The first-order chi connectivity index (χ1) is 7.63. The fourth-order valence-corrected chi connectivity index (χ4v) is 2.33. The number of rotatable bonds is 6. The molecule has 3 unspecified atom stereocenters. The van der Waals surface area contributed by atoms with Gasteiger partial charge in [0.2, 0.25) is 5.91 Å². The molecular formula is C12H22BrNO2. The van der Waals surface area contributed by atoms with Crippen molar-refractivity contribution >= 4 is 21.8 Å². The van der Waals surface area contributed by atoms with Crippen LogP contribution in [0.3, 0.4) is 0 Å². The Morgan fingerprint density at radius 1 is 1.56 bits per heavy atom. The van der Waals surface area contributed by atoms with Gasteiger partial charge in [0.25, 0.3) is 0 Å². The second kappa shape index (κ2) is 7.28. The molecule has 0 aromatic carbocycles. The van der Waals surface area contributed by atoms with Crippen LogP contribution in [0.2, 0.25) is 0 Å². The monoisotopic (exact) mass is 291 g/mol. The smallest absolute Gasteiger partial charge is 0.220 e. The van der Waals surface area contributed by atoms with E-state index in [2.05, 4.69) is 35.1 Å². The van der Waals surface area contributed by atoms with Crippen LogP contribution in [0.25, 0.3) is 0 Å². The summed E-state index contributed by atoms with van der Waals surface area (Å²) in [5.74, 6) is 0.613. The molecule has 0 radical (unpaired) electrons. The van der Waals surface area contributed by atoms with Crippen molar-refractivity contribution in [3.05, 3.63) is 0 Å². The highest BCUT2D eigenvalue weighted by Crippen LogP contribution is 2.16. The van der Waals surface area contributed by atoms with E-state index in [0.717, 1.165) is 31.2 Å². The molecular weight excluding hydrogens is 270 g/mol. The molecule has 94 valence electrons. The Hall–Kier alpha value is -0.0900. The van der Waals surface area contributed by atoms with E-state index in [0.29, 0.717) is 18.4 Å². The van der Waals surface area contributed by atoms with Crippen molar-refractivity contribution in [2.24, 2.45) is 5.92 Å². The molecule has 0 spiro atoms. The van der Waals surface area contributed by atoms with Crippen LogP contribution in [0.4, 0.5) is 0 Å².